The molecular formula is C15H18N2O. The van der Waals surface area contributed by atoms with E-state index in [0.29, 0.717) is 12.5 Å². The summed E-state index contributed by atoms with van der Waals surface area (Å²) < 4.78 is 0. The Kier molecular flexibility index (Phi) is 2.92. The van der Waals surface area contributed by atoms with Gasteiger partial charge in [0.15, 0.2) is 0 Å². The minimum absolute atomic E-state index is 0.290. The molecule has 0 aliphatic carbocycles. The van der Waals surface area contributed by atoms with E-state index in [1.807, 2.05) is 13.0 Å². The zero-order valence-corrected chi connectivity index (χ0v) is 10.6. The van der Waals surface area contributed by atoms with E-state index in [1.54, 1.807) is 0 Å². The predicted octanol–water partition coefficient (Wildman–Crippen LogP) is 2.36. The van der Waals surface area contributed by atoms with Crippen molar-refractivity contribution in [2.45, 2.75) is 13.3 Å². The Bertz CT molecular complexity index is 567. The topological polar surface area (TPSA) is 36.4 Å². The van der Waals surface area contributed by atoms with Crippen LogP contribution < -0.4 is 4.90 Å². The first-order chi connectivity index (χ1) is 8.78. The first-order valence-corrected chi connectivity index (χ1v) is 6.50. The van der Waals surface area contributed by atoms with Gasteiger partial charge in [-0.25, -0.2) is 0 Å². The lowest BCUT2D eigenvalue weighted by atomic mass is 10.1. The molecule has 0 radical (unpaired) electrons. The summed E-state index contributed by atoms with van der Waals surface area (Å²) in [6, 6.07) is 10.4. The average Bonchev–Trinajstić information content (AvgIpc) is 2.86. The Labute approximate surface area is 107 Å². The number of para-hydroxylation sites is 1. The number of aryl methyl sites for hydroxylation is 1. The lowest BCUT2D eigenvalue weighted by Crippen LogP contribution is -2.21. The molecule has 0 spiro atoms. The Morgan fingerprint density at radius 2 is 2.22 bits per heavy atom. The number of aliphatic hydroxyl groups excluding tert-OH is 1. The van der Waals surface area contributed by atoms with E-state index in [2.05, 4.69) is 34.1 Å². The van der Waals surface area contributed by atoms with Crippen molar-refractivity contribution < 1.29 is 5.11 Å². The van der Waals surface area contributed by atoms with Crippen LogP contribution in [0.3, 0.4) is 0 Å². The zero-order chi connectivity index (χ0) is 12.5. The normalized spacial score (nSPS) is 19.7. The summed E-state index contributed by atoms with van der Waals surface area (Å²) in [7, 11) is 0. The molecule has 1 aromatic carbocycles. The lowest BCUT2D eigenvalue weighted by molar-refractivity contribution is 0.238. The van der Waals surface area contributed by atoms with E-state index in [0.717, 1.165) is 30.7 Å². The van der Waals surface area contributed by atoms with Crippen LogP contribution in [0.4, 0.5) is 5.69 Å². The smallest absolute Gasteiger partial charge is 0.0726 e. The fourth-order valence-corrected chi connectivity index (χ4v) is 2.75. The second-order valence-corrected chi connectivity index (χ2v) is 5.08. The van der Waals surface area contributed by atoms with Crippen molar-refractivity contribution in [3.8, 4) is 0 Å². The number of aliphatic hydroxyl groups is 1. The van der Waals surface area contributed by atoms with Crippen LogP contribution in [-0.2, 0) is 0 Å². The molecule has 1 fully saturated rings. The van der Waals surface area contributed by atoms with Gasteiger partial charge in [0.05, 0.1) is 5.52 Å². The van der Waals surface area contributed by atoms with Crippen LogP contribution in [-0.4, -0.2) is 29.8 Å². The molecule has 2 aromatic rings. The van der Waals surface area contributed by atoms with Crippen molar-refractivity contribution >= 4 is 16.6 Å². The summed E-state index contributed by atoms with van der Waals surface area (Å²) in [6.45, 7) is 4.30. The highest BCUT2D eigenvalue weighted by molar-refractivity contribution is 5.92. The van der Waals surface area contributed by atoms with Crippen LogP contribution in [0.25, 0.3) is 10.9 Å². The summed E-state index contributed by atoms with van der Waals surface area (Å²) in [5.41, 5.74) is 3.37. The highest BCUT2D eigenvalue weighted by atomic mass is 16.3. The molecule has 1 aliphatic rings. The number of nitrogens with zero attached hydrogens (tertiary/aromatic N) is 2. The Morgan fingerprint density at radius 3 is 3.00 bits per heavy atom. The molecular weight excluding hydrogens is 224 g/mol. The van der Waals surface area contributed by atoms with Gasteiger partial charge in [-0.05, 0) is 25.5 Å². The molecule has 1 N–H and O–H groups in total. The van der Waals surface area contributed by atoms with Crippen molar-refractivity contribution in [2.75, 3.05) is 24.6 Å². The van der Waals surface area contributed by atoms with E-state index < -0.39 is 0 Å². The number of anilines is 1. The van der Waals surface area contributed by atoms with Gasteiger partial charge in [0, 0.05) is 42.4 Å². The predicted molar refractivity (Wildman–Crippen MR) is 73.9 cm³/mol. The van der Waals surface area contributed by atoms with E-state index in [4.69, 9.17) is 0 Å². The van der Waals surface area contributed by atoms with Crippen LogP contribution in [0.5, 0.6) is 0 Å². The van der Waals surface area contributed by atoms with Crippen LogP contribution in [0.15, 0.2) is 30.3 Å². The van der Waals surface area contributed by atoms with Gasteiger partial charge >= 0.3 is 0 Å². The molecule has 1 unspecified atom stereocenters. The quantitative estimate of drug-likeness (QED) is 0.878. The van der Waals surface area contributed by atoms with Gasteiger partial charge in [-0.15, -0.1) is 0 Å². The number of fused-ring (bicyclic) bond motifs is 1. The second kappa shape index (κ2) is 4.58. The number of pyridine rings is 1. The number of rotatable bonds is 2. The molecule has 1 atom stereocenters. The largest absolute Gasteiger partial charge is 0.396 e. The molecule has 1 saturated heterocycles. The van der Waals surface area contributed by atoms with Gasteiger partial charge in [0.25, 0.3) is 0 Å². The average molecular weight is 242 g/mol. The number of hydrogen-bond acceptors (Lipinski definition) is 3. The van der Waals surface area contributed by atoms with Crippen molar-refractivity contribution in [3.63, 3.8) is 0 Å². The zero-order valence-electron chi connectivity index (χ0n) is 10.6. The summed E-state index contributed by atoms with van der Waals surface area (Å²) in [4.78, 5) is 6.94. The van der Waals surface area contributed by atoms with E-state index >= 15 is 0 Å². The summed E-state index contributed by atoms with van der Waals surface area (Å²) >= 11 is 0. The maximum absolute atomic E-state index is 9.26. The third-order valence-corrected chi connectivity index (χ3v) is 3.71. The van der Waals surface area contributed by atoms with Gasteiger partial charge in [-0.2, -0.15) is 0 Å². The summed E-state index contributed by atoms with van der Waals surface area (Å²) in [5.74, 6) is 0.414. The fraction of sp³-hybridized carbons (Fsp3) is 0.400. The molecule has 18 heavy (non-hydrogen) atoms. The van der Waals surface area contributed by atoms with Gasteiger partial charge < -0.3 is 10.0 Å². The maximum Gasteiger partial charge on any atom is 0.0726 e. The molecule has 0 bridgehead atoms. The minimum atomic E-state index is 0.290. The summed E-state index contributed by atoms with van der Waals surface area (Å²) in [5, 5.41) is 10.5. The van der Waals surface area contributed by atoms with Crippen LogP contribution in [0, 0.1) is 12.8 Å². The Balaban J connectivity index is 2.06. The molecule has 3 heteroatoms. The monoisotopic (exact) mass is 242 g/mol. The standard InChI is InChI=1S/C15H18N2O/c1-11-8-15(17-7-6-12(9-17)10-18)13-4-2-3-5-14(13)16-11/h2-5,8,12,18H,6-7,9-10H2,1H3. The Morgan fingerprint density at radius 1 is 1.39 bits per heavy atom. The number of hydrogen-bond donors (Lipinski definition) is 1. The van der Waals surface area contributed by atoms with Crippen molar-refractivity contribution in [1.29, 1.82) is 0 Å². The van der Waals surface area contributed by atoms with Crippen LogP contribution in [0.1, 0.15) is 12.1 Å². The third-order valence-electron chi connectivity index (χ3n) is 3.71. The van der Waals surface area contributed by atoms with E-state index in [-0.39, 0.29) is 0 Å². The second-order valence-electron chi connectivity index (χ2n) is 5.08. The SMILES string of the molecule is Cc1cc(N2CCC(CO)C2)c2ccccc2n1. The van der Waals surface area contributed by atoms with E-state index in [1.165, 1.54) is 11.1 Å². The molecule has 1 aliphatic heterocycles. The maximum atomic E-state index is 9.26. The fourth-order valence-electron chi connectivity index (χ4n) is 2.75. The van der Waals surface area contributed by atoms with Crippen molar-refractivity contribution in [3.05, 3.63) is 36.0 Å². The van der Waals surface area contributed by atoms with Crippen LogP contribution in [0.2, 0.25) is 0 Å². The van der Waals surface area contributed by atoms with Crippen LogP contribution >= 0.6 is 0 Å². The van der Waals surface area contributed by atoms with E-state index in [9.17, 15) is 5.11 Å². The van der Waals surface area contributed by atoms with Crippen molar-refractivity contribution in [1.82, 2.24) is 4.98 Å². The van der Waals surface area contributed by atoms with Gasteiger partial charge in [-0.1, -0.05) is 18.2 Å². The first kappa shape index (κ1) is 11.5. The lowest BCUT2D eigenvalue weighted by Gasteiger charge is -2.21. The Hall–Kier alpha value is -1.61. The number of aromatic nitrogens is 1. The highest BCUT2D eigenvalue weighted by Crippen LogP contribution is 2.30. The molecule has 1 aromatic heterocycles. The molecule has 94 valence electrons. The van der Waals surface area contributed by atoms with Gasteiger partial charge in [-0.3, -0.25) is 4.98 Å². The van der Waals surface area contributed by atoms with Gasteiger partial charge in [0.2, 0.25) is 0 Å². The molecule has 2 heterocycles. The summed E-state index contributed by atoms with van der Waals surface area (Å²) in [6.07, 6.45) is 1.08. The highest BCUT2D eigenvalue weighted by Gasteiger charge is 2.23. The first-order valence-electron chi connectivity index (χ1n) is 6.50. The van der Waals surface area contributed by atoms with Crippen molar-refractivity contribution in [2.24, 2.45) is 5.92 Å². The molecule has 0 saturated carbocycles. The molecule has 0 amide bonds. The third kappa shape index (κ3) is 1.95. The molecule has 3 rings (SSSR count). The minimum Gasteiger partial charge on any atom is -0.396 e. The van der Waals surface area contributed by atoms with Gasteiger partial charge in [0.1, 0.15) is 0 Å². The number of benzene rings is 1. The molecule has 3 nitrogen and oxygen atoms in total.